The predicted octanol–water partition coefficient (Wildman–Crippen LogP) is 2.99. The van der Waals surface area contributed by atoms with E-state index in [0.29, 0.717) is 16.8 Å². The van der Waals surface area contributed by atoms with Crippen LogP contribution in [0.5, 0.6) is 0 Å². The van der Waals surface area contributed by atoms with Crippen molar-refractivity contribution in [1.29, 1.82) is 0 Å². The average Bonchev–Trinajstić information content (AvgIpc) is 2.87. The lowest BCUT2D eigenvalue weighted by Gasteiger charge is -2.17. The first-order chi connectivity index (χ1) is 9.33. The quantitative estimate of drug-likeness (QED) is 0.853. The van der Waals surface area contributed by atoms with Crippen molar-refractivity contribution < 1.29 is 8.42 Å². The summed E-state index contributed by atoms with van der Waals surface area (Å²) in [5, 5.41) is 1.93. The van der Waals surface area contributed by atoms with E-state index in [-0.39, 0.29) is 10.9 Å². The van der Waals surface area contributed by atoms with Crippen LogP contribution in [0.1, 0.15) is 29.0 Å². The molecule has 108 valence electrons. The largest absolute Gasteiger partial charge is 0.398 e. The van der Waals surface area contributed by atoms with Crippen LogP contribution in [0.4, 0.5) is 5.69 Å². The molecule has 0 fully saturated rings. The number of nitrogens with two attached hydrogens (primary N) is 1. The molecule has 0 aliphatic heterocycles. The van der Waals surface area contributed by atoms with Gasteiger partial charge in [0.1, 0.15) is 0 Å². The molecule has 3 N–H and O–H groups in total. The van der Waals surface area contributed by atoms with Gasteiger partial charge in [0, 0.05) is 10.6 Å². The Kier molecular flexibility index (Phi) is 4.17. The molecule has 0 aliphatic rings. The Bertz CT molecular complexity index is 707. The topological polar surface area (TPSA) is 72.2 Å². The Balaban J connectivity index is 2.39. The van der Waals surface area contributed by atoms with Crippen LogP contribution in [0.15, 0.2) is 34.5 Å². The van der Waals surface area contributed by atoms with Crippen LogP contribution < -0.4 is 10.5 Å². The molecule has 1 aromatic heterocycles. The highest BCUT2D eigenvalue weighted by Crippen LogP contribution is 2.27. The summed E-state index contributed by atoms with van der Waals surface area (Å²) in [5.74, 6) is 0. The lowest BCUT2D eigenvalue weighted by Crippen LogP contribution is -2.28. The fraction of sp³-hybridized carbons (Fsp3) is 0.286. The molecule has 0 saturated carbocycles. The summed E-state index contributed by atoms with van der Waals surface area (Å²) in [4.78, 5) is 1.26. The van der Waals surface area contributed by atoms with Gasteiger partial charge in [0.2, 0.25) is 10.0 Å². The van der Waals surface area contributed by atoms with Gasteiger partial charge in [-0.15, -0.1) is 11.3 Å². The van der Waals surface area contributed by atoms with Gasteiger partial charge in [-0.1, -0.05) is 12.1 Å². The molecule has 0 amide bonds. The number of anilines is 1. The van der Waals surface area contributed by atoms with E-state index in [9.17, 15) is 8.42 Å². The molecule has 20 heavy (non-hydrogen) atoms. The number of rotatable bonds is 4. The van der Waals surface area contributed by atoms with E-state index in [1.807, 2.05) is 24.4 Å². The Labute approximate surface area is 123 Å². The number of sulfonamides is 1. The molecule has 1 atom stereocenters. The standard InChI is InChI=1S/C14H18N2O2S2/c1-9-6-7-12(15)10(2)14(9)20(17,18)16-11(3)13-5-4-8-19-13/h4-8,11,16H,15H2,1-3H3. The van der Waals surface area contributed by atoms with Gasteiger partial charge in [-0.25, -0.2) is 13.1 Å². The van der Waals surface area contributed by atoms with Crippen molar-refractivity contribution in [2.45, 2.75) is 31.7 Å². The summed E-state index contributed by atoms with van der Waals surface area (Å²) in [6.45, 7) is 5.34. The van der Waals surface area contributed by atoms with Gasteiger partial charge >= 0.3 is 0 Å². The first kappa shape index (κ1) is 15.0. The van der Waals surface area contributed by atoms with E-state index in [1.165, 1.54) is 11.3 Å². The smallest absolute Gasteiger partial charge is 0.241 e. The average molecular weight is 310 g/mol. The summed E-state index contributed by atoms with van der Waals surface area (Å²) in [6, 6.07) is 7.01. The fourth-order valence-corrected chi connectivity index (χ4v) is 4.68. The second-order valence-corrected chi connectivity index (χ2v) is 7.41. The molecule has 0 aliphatic carbocycles. The van der Waals surface area contributed by atoms with Crippen molar-refractivity contribution in [2.75, 3.05) is 5.73 Å². The second-order valence-electron chi connectivity index (χ2n) is 4.78. The molecule has 0 spiro atoms. The first-order valence-electron chi connectivity index (χ1n) is 6.24. The lowest BCUT2D eigenvalue weighted by atomic mass is 10.1. The minimum Gasteiger partial charge on any atom is -0.398 e. The van der Waals surface area contributed by atoms with Gasteiger partial charge in [-0.2, -0.15) is 0 Å². The van der Waals surface area contributed by atoms with Gasteiger partial charge in [0.05, 0.1) is 10.9 Å². The number of thiophene rings is 1. The highest BCUT2D eigenvalue weighted by Gasteiger charge is 2.23. The number of hydrogen-bond donors (Lipinski definition) is 2. The van der Waals surface area contributed by atoms with Crippen LogP contribution in [0, 0.1) is 13.8 Å². The zero-order valence-electron chi connectivity index (χ0n) is 11.7. The van der Waals surface area contributed by atoms with Crippen molar-refractivity contribution in [1.82, 2.24) is 4.72 Å². The maximum absolute atomic E-state index is 12.6. The zero-order chi connectivity index (χ0) is 14.9. The molecule has 0 bridgehead atoms. The van der Waals surface area contributed by atoms with Gasteiger partial charge in [-0.05, 0) is 49.4 Å². The Morgan fingerprint density at radius 1 is 1.25 bits per heavy atom. The van der Waals surface area contributed by atoms with Crippen LogP contribution in [0.3, 0.4) is 0 Å². The SMILES string of the molecule is Cc1ccc(N)c(C)c1S(=O)(=O)NC(C)c1cccs1. The normalized spacial score (nSPS) is 13.3. The van der Waals surface area contributed by atoms with Crippen molar-refractivity contribution in [3.8, 4) is 0 Å². The Morgan fingerprint density at radius 2 is 1.95 bits per heavy atom. The van der Waals surface area contributed by atoms with Crippen molar-refractivity contribution >= 4 is 27.0 Å². The molecule has 2 rings (SSSR count). The van der Waals surface area contributed by atoms with Crippen LogP contribution in [-0.2, 0) is 10.0 Å². The van der Waals surface area contributed by atoms with E-state index in [0.717, 1.165) is 4.88 Å². The molecule has 1 heterocycles. The Morgan fingerprint density at radius 3 is 2.55 bits per heavy atom. The van der Waals surface area contributed by atoms with E-state index in [1.54, 1.807) is 26.0 Å². The second kappa shape index (κ2) is 5.55. The summed E-state index contributed by atoms with van der Waals surface area (Å²) < 4.78 is 27.9. The monoisotopic (exact) mass is 310 g/mol. The number of nitrogens with one attached hydrogen (secondary N) is 1. The lowest BCUT2D eigenvalue weighted by molar-refractivity contribution is 0.567. The Hall–Kier alpha value is -1.37. The molecule has 2 aromatic rings. The molecule has 0 radical (unpaired) electrons. The molecular formula is C14H18N2O2S2. The third-order valence-corrected chi connectivity index (χ3v) is 6.10. The zero-order valence-corrected chi connectivity index (χ0v) is 13.3. The van der Waals surface area contributed by atoms with Crippen LogP contribution in [-0.4, -0.2) is 8.42 Å². The number of benzene rings is 1. The minimum atomic E-state index is -3.59. The number of hydrogen-bond acceptors (Lipinski definition) is 4. The molecular weight excluding hydrogens is 292 g/mol. The predicted molar refractivity (Wildman–Crippen MR) is 83.4 cm³/mol. The van der Waals surface area contributed by atoms with Gasteiger partial charge in [-0.3, -0.25) is 0 Å². The highest BCUT2D eigenvalue weighted by molar-refractivity contribution is 7.89. The van der Waals surface area contributed by atoms with Gasteiger partial charge in [0.15, 0.2) is 0 Å². The van der Waals surface area contributed by atoms with Crippen LogP contribution in [0.25, 0.3) is 0 Å². The van der Waals surface area contributed by atoms with Crippen LogP contribution in [0.2, 0.25) is 0 Å². The van der Waals surface area contributed by atoms with E-state index >= 15 is 0 Å². The van der Waals surface area contributed by atoms with Crippen LogP contribution >= 0.6 is 11.3 Å². The van der Waals surface area contributed by atoms with Gasteiger partial charge < -0.3 is 5.73 Å². The number of nitrogen functional groups attached to an aromatic ring is 1. The number of aryl methyl sites for hydroxylation is 1. The maximum Gasteiger partial charge on any atom is 0.241 e. The van der Waals surface area contributed by atoms with Gasteiger partial charge in [0.25, 0.3) is 0 Å². The summed E-state index contributed by atoms with van der Waals surface area (Å²) in [5.41, 5.74) is 7.60. The summed E-state index contributed by atoms with van der Waals surface area (Å²) in [7, 11) is -3.59. The maximum atomic E-state index is 12.6. The molecule has 1 unspecified atom stereocenters. The fourth-order valence-electron chi connectivity index (χ4n) is 2.14. The third kappa shape index (κ3) is 2.87. The molecule has 1 aromatic carbocycles. The summed E-state index contributed by atoms with van der Waals surface area (Å²) >= 11 is 1.53. The third-order valence-electron chi connectivity index (χ3n) is 3.22. The first-order valence-corrected chi connectivity index (χ1v) is 8.60. The van der Waals surface area contributed by atoms with Crippen molar-refractivity contribution in [3.05, 3.63) is 45.6 Å². The summed E-state index contributed by atoms with van der Waals surface area (Å²) in [6.07, 6.45) is 0. The molecule has 4 nitrogen and oxygen atoms in total. The van der Waals surface area contributed by atoms with E-state index in [2.05, 4.69) is 4.72 Å². The van der Waals surface area contributed by atoms with Crippen molar-refractivity contribution in [2.24, 2.45) is 0 Å². The highest BCUT2D eigenvalue weighted by atomic mass is 32.2. The van der Waals surface area contributed by atoms with E-state index < -0.39 is 10.0 Å². The van der Waals surface area contributed by atoms with E-state index in [4.69, 9.17) is 5.73 Å². The van der Waals surface area contributed by atoms with Crippen molar-refractivity contribution in [3.63, 3.8) is 0 Å². The minimum absolute atomic E-state index is 0.264. The molecule has 0 saturated heterocycles. The molecule has 6 heteroatoms.